The second-order valence-corrected chi connectivity index (χ2v) is 4.24. The number of ketones is 1. The second-order valence-electron chi connectivity index (χ2n) is 4.24. The van der Waals surface area contributed by atoms with Gasteiger partial charge in [-0.05, 0) is 33.6 Å². The summed E-state index contributed by atoms with van der Waals surface area (Å²) in [5.41, 5.74) is -0.378. The maximum Gasteiger partial charge on any atom is 0.152 e. The molecule has 0 aromatic rings. The van der Waals surface area contributed by atoms with E-state index in [2.05, 4.69) is 25.7 Å². The quantitative estimate of drug-likeness (QED) is 0.636. The molecule has 1 atom stereocenters. The third-order valence-electron chi connectivity index (χ3n) is 2.39. The molecule has 1 N–H and O–H groups in total. The van der Waals surface area contributed by atoms with E-state index < -0.39 is 0 Å². The van der Waals surface area contributed by atoms with Gasteiger partial charge in [-0.3, -0.25) is 4.79 Å². The summed E-state index contributed by atoms with van der Waals surface area (Å²) in [5, 5.41) is 3.34. The molecule has 0 spiro atoms. The first-order valence-electron chi connectivity index (χ1n) is 5.38. The highest BCUT2D eigenvalue weighted by atomic mass is 16.1. The Morgan fingerprint density at radius 2 is 2.14 bits per heavy atom. The lowest BCUT2D eigenvalue weighted by atomic mass is 9.88. The minimum absolute atomic E-state index is 0.285. The highest BCUT2D eigenvalue weighted by Gasteiger charge is 2.30. The van der Waals surface area contributed by atoms with E-state index in [1.807, 2.05) is 19.9 Å². The van der Waals surface area contributed by atoms with E-state index >= 15 is 0 Å². The number of hydrogen-bond acceptors (Lipinski definition) is 2. The summed E-state index contributed by atoms with van der Waals surface area (Å²) < 4.78 is 0. The minimum atomic E-state index is -0.378. The van der Waals surface area contributed by atoms with Crippen molar-refractivity contribution in [3.05, 3.63) is 12.7 Å². The lowest BCUT2D eigenvalue weighted by Gasteiger charge is -2.31. The Kier molecular flexibility index (Phi) is 5.70. The van der Waals surface area contributed by atoms with E-state index in [0.29, 0.717) is 12.5 Å². The zero-order valence-electron chi connectivity index (χ0n) is 9.89. The number of carbonyl (C=O) groups is 1. The molecule has 2 heteroatoms. The lowest BCUT2D eigenvalue weighted by molar-refractivity contribution is -0.125. The van der Waals surface area contributed by atoms with E-state index in [1.165, 1.54) is 0 Å². The molecule has 2 nitrogen and oxygen atoms in total. The Hall–Kier alpha value is -0.630. The van der Waals surface area contributed by atoms with Crippen LogP contribution in [0.15, 0.2) is 12.7 Å². The van der Waals surface area contributed by atoms with Crippen molar-refractivity contribution in [1.29, 1.82) is 0 Å². The SMILES string of the molecule is C=CCCC(C)(NC(C)C)C(=O)CC. The Balaban J connectivity index is 4.47. The van der Waals surface area contributed by atoms with Crippen LogP contribution in [0.2, 0.25) is 0 Å². The Morgan fingerprint density at radius 3 is 2.50 bits per heavy atom. The maximum absolute atomic E-state index is 11.8. The van der Waals surface area contributed by atoms with Gasteiger partial charge in [-0.1, -0.05) is 13.0 Å². The van der Waals surface area contributed by atoms with Gasteiger partial charge in [-0.2, -0.15) is 0 Å². The molecular formula is C12H23NO. The lowest BCUT2D eigenvalue weighted by Crippen LogP contribution is -2.52. The zero-order chi connectivity index (χ0) is 11.2. The van der Waals surface area contributed by atoms with Gasteiger partial charge in [0.1, 0.15) is 0 Å². The highest BCUT2D eigenvalue weighted by molar-refractivity contribution is 5.87. The number of nitrogens with one attached hydrogen (secondary N) is 1. The van der Waals surface area contributed by atoms with Gasteiger partial charge in [-0.15, -0.1) is 6.58 Å². The fraction of sp³-hybridized carbons (Fsp3) is 0.750. The molecule has 0 aliphatic carbocycles. The van der Waals surface area contributed by atoms with Crippen LogP contribution in [0.4, 0.5) is 0 Å². The number of allylic oxidation sites excluding steroid dienone is 1. The van der Waals surface area contributed by atoms with Gasteiger partial charge < -0.3 is 5.32 Å². The van der Waals surface area contributed by atoms with Crippen molar-refractivity contribution in [3.8, 4) is 0 Å². The van der Waals surface area contributed by atoms with Crippen LogP contribution in [0.3, 0.4) is 0 Å². The van der Waals surface area contributed by atoms with Crippen LogP contribution >= 0.6 is 0 Å². The molecule has 1 unspecified atom stereocenters. The van der Waals surface area contributed by atoms with Crippen molar-refractivity contribution in [2.45, 2.75) is 58.5 Å². The normalized spacial score (nSPS) is 15.2. The van der Waals surface area contributed by atoms with Crippen LogP contribution in [-0.4, -0.2) is 17.4 Å². The van der Waals surface area contributed by atoms with Crippen molar-refractivity contribution < 1.29 is 4.79 Å². The van der Waals surface area contributed by atoms with Crippen LogP contribution in [-0.2, 0) is 4.79 Å². The van der Waals surface area contributed by atoms with E-state index in [-0.39, 0.29) is 11.3 Å². The van der Waals surface area contributed by atoms with Gasteiger partial charge >= 0.3 is 0 Å². The summed E-state index contributed by atoms with van der Waals surface area (Å²) in [7, 11) is 0. The molecule has 0 saturated carbocycles. The predicted octanol–water partition coefficient (Wildman–Crippen LogP) is 2.69. The molecule has 0 fully saturated rings. The maximum atomic E-state index is 11.8. The number of carbonyl (C=O) groups excluding carboxylic acids is 1. The van der Waals surface area contributed by atoms with E-state index in [1.54, 1.807) is 0 Å². The summed E-state index contributed by atoms with van der Waals surface area (Å²) in [4.78, 5) is 11.8. The first kappa shape index (κ1) is 13.4. The third kappa shape index (κ3) is 4.05. The average Bonchev–Trinajstić information content (AvgIpc) is 2.12. The van der Waals surface area contributed by atoms with E-state index in [0.717, 1.165) is 12.8 Å². The van der Waals surface area contributed by atoms with Crippen molar-refractivity contribution in [1.82, 2.24) is 5.32 Å². The standard InChI is InChI=1S/C12H23NO/c1-6-8-9-12(5,11(14)7-2)13-10(3)4/h6,10,13H,1,7-9H2,2-5H3. The minimum Gasteiger partial charge on any atom is -0.303 e. The monoisotopic (exact) mass is 197 g/mol. The van der Waals surface area contributed by atoms with Crippen LogP contribution in [0.5, 0.6) is 0 Å². The van der Waals surface area contributed by atoms with Gasteiger partial charge in [0, 0.05) is 12.5 Å². The fourth-order valence-electron chi connectivity index (χ4n) is 1.71. The molecule has 0 rings (SSSR count). The molecule has 0 heterocycles. The second kappa shape index (κ2) is 5.97. The molecule has 0 saturated heterocycles. The average molecular weight is 197 g/mol. The summed E-state index contributed by atoms with van der Waals surface area (Å²) in [5.74, 6) is 0.285. The molecule has 0 aliphatic rings. The summed E-state index contributed by atoms with van der Waals surface area (Å²) in [6.45, 7) is 11.7. The first-order chi connectivity index (χ1) is 6.46. The molecule has 0 aliphatic heterocycles. The largest absolute Gasteiger partial charge is 0.303 e. The molecule has 14 heavy (non-hydrogen) atoms. The van der Waals surface area contributed by atoms with Crippen LogP contribution < -0.4 is 5.32 Å². The van der Waals surface area contributed by atoms with Crippen molar-refractivity contribution >= 4 is 5.78 Å². The van der Waals surface area contributed by atoms with Gasteiger partial charge in [0.05, 0.1) is 5.54 Å². The van der Waals surface area contributed by atoms with Crippen molar-refractivity contribution in [2.75, 3.05) is 0 Å². The Morgan fingerprint density at radius 1 is 1.57 bits per heavy atom. The van der Waals surface area contributed by atoms with Crippen molar-refractivity contribution in [2.24, 2.45) is 0 Å². The van der Waals surface area contributed by atoms with Gasteiger partial charge in [0.25, 0.3) is 0 Å². The number of rotatable bonds is 7. The molecular weight excluding hydrogens is 174 g/mol. The smallest absolute Gasteiger partial charge is 0.152 e. The Bertz CT molecular complexity index is 198. The molecule has 82 valence electrons. The van der Waals surface area contributed by atoms with Gasteiger partial charge in [0.2, 0.25) is 0 Å². The summed E-state index contributed by atoms with van der Waals surface area (Å²) >= 11 is 0. The molecule has 0 amide bonds. The van der Waals surface area contributed by atoms with Crippen LogP contribution in [0.25, 0.3) is 0 Å². The van der Waals surface area contributed by atoms with Crippen molar-refractivity contribution in [3.63, 3.8) is 0 Å². The Labute approximate surface area is 87.8 Å². The van der Waals surface area contributed by atoms with Crippen LogP contribution in [0.1, 0.15) is 47.0 Å². The topological polar surface area (TPSA) is 29.1 Å². The molecule has 0 radical (unpaired) electrons. The molecule has 0 bridgehead atoms. The highest BCUT2D eigenvalue weighted by Crippen LogP contribution is 2.16. The van der Waals surface area contributed by atoms with E-state index in [9.17, 15) is 4.79 Å². The third-order valence-corrected chi connectivity index (χ3v) is 2.39. The number of hydrogen-bond donors (Lipinski definition) is 1. The van der Waals surface area contributed by atoms with Gasteiger partial charge in [-0.25, -0.2) is 0 Å². The summed E-state index contributed by atoms with van der Waals surface area (Å²) in [6.07, 6.45) is 4.17. The fourth-order valence-corrected chi connectivity index (χ4v) is 1.71. The first-order valence-corrected chi connectivity index (χ1v) is 5.38. The zero-order valence-corrected chi connectivity index (χ0v) is 9.89. The predicted molar refractivity (Wildman–Crippen MR) is 61.4 cm³/mol. The van der Waals surface area contributed by atoms with Crippen LogP contribution in [0, 0.1) is 0 Å². The number of Topliss-reactive ketones (excluding diaryl/α,β-unsaturated/α-hetero) is 1. The molecule has 0 aromatic heterocycles. The molecule has 0 aromatic carbocycles. The summed E-state index contributed by atoms with van der Waals surface area (Å²) in [6, 6.07) is 0.334. The van der Waals surface area contributed by atoms with Gasteiger partial charge in [0.15, 0.2) is 5.78 Å². The van der Waals surface area contributed by atoms with E-state index in [4.69, 9.17) is 0 Å².